The van der Waals surface area contributed by atoms with E-state index in [0.29, 0.717) is 0 Å². The van der Waals surface area contributed by atoms with Crippen LogP contribution < -0.4 is 0 Å². The Bertz CT molecular complexity index is 568. The van der Waals surface area contributed by atoms with E-state index < -0.39 is 4.92 Å². The molecule has 1 aromatic carbocycles. The van der Waals surface area contributed by atoms with E-state index in [1.165, 1.54) is 6.07 Å². The Hall–Kier alpha value is -1.19. The molecule has 17 heavy (non-hydrogen) atoms. The van der Waals surface area contributed by atoms with Crippen molar-refractivity contribution >= 4 is 37.6 Å². The molecule has 0 saturated heterocycles. The van der Waals surface area contributed by atoms with Crippen LogP contribution in [-0.2, 0) is 0 Å². The standard InChI is InChI=1S/C8H7ClN3O2P.C2H6/c1-4-5-2-8(12(13)14)6(9)3-7(5)11(15)10-4;1-2/h2-3H,15H2,1H3;1-2H3. The van der Waals surface area contributed by atoms with E-state index in [1.54, 1.807) is 17.4 Å². The van der Waals surface area contributed by atoms with Crippen molar-refractivity contribution in [3.8, 4) is 0 Å². The van der Waals surface area contributed by atoms with E-state index in [0.717, 1.165) is 16.6 Å². The van der Waals surface area contributed by atoms with E-state index in [4.69, 9.17) is 11.6 Å². The number of aryl methyl sites for hydroxylation is 1. The summed E-state index contributed by atoms with van der Waals surface area (Å²) >= 11 is 5.79. The molecule has 2 rings (SSSR count). The topological polar surface area (TPSA) is 61.0 Å². The van der Waals surface area contributed by atoms with Gasteiger partial charge in [-0.3, -0.25) is 14.6 Å². The smallest absolute Gasteiger partial charge is 0.258 e. The Kier molecular flexibility index (Phi) is 4.43. The zero-order valence-electron chi connectivity index (χ0n) is 9.77. The fourth-order valence-electron chi connectivity index (χ4n) is 1.44. The summed E-state index contributed by atoms with van der Waals surface area (Å²) < 4.78 is 1.57. The van der Waals surface area contributed by atoms with Gasteiger partial charge in [0.15, 0.2) is 0 Å². The normalized spacial score (nSPS) is 9.94. The van der Waals surface area contributed by atoms with Crippen molar-refractivity contribution in [2.24, 2.45) is 0 Å². The Labute approximate surface area is 106 Å². The predicted molar refractivity (Wildman–Crippen MR) is 72.6 cm³/mol. The Morgan fingerprint density at radius 3 is 2.59 bits per heavy atom. The molecular weight excluding hydrogens is 261 g/mol. The first-order valence-electron chi connectivity index (χ1n) is 5.09. The van der Waals surface area contributed by atoms with Crippen LogP contribution in [-0.4, -0.2) is 14.5 Å². The zero-order valence-corrected chi connectivity index (χ0v) is 11.7. The van der Waals surface area contributed by atoms with Crippen LogP contribution in [0.1, 0.15) is 19.5 Å². The van der Waals surface area contributed by atoms with Gasteiger partial charge in [-0.1, -0.05) is 25.4 Å². The van der Waals surface area contributed by atoms with Crippen molar-refractivity contribution in [3.05, 3.63) is 33.0 Å². The number of nitro benzene ring substituents is 1. The number of halogens is 1. The average molecular weight is 274 g/mol. The summed E-state index contributed by atoms with van der Waals surface area (Å²) in [6.07, 6.45) is 0. The van der Waals surface area contributed by atoms with Gasteiger partial charge in [0.25, 0.3) is 5.69 Å². The molecule has 1 aromatic heterocycles. The third-order valence-corrected chi connectivity index (χ3v) is 2.85. The highest BCUT2D eigenvalue weighted by Crippen LogP contribution is 2.31. The molecule has 0 radical (unpaired) electrons. The van der Waals surface area contributed by atoms with Gasteiger partial charge in [-0.15, -0.1) is 0 Å². The van der Waals surface area contributed by atoms with E-state index >= 15 is 0 Å². The number of fused-ring (bicyclic) bond motifs is 1. The van der Waals surface area contributed by atoms with Crippen LogP contribution in [0.3, 0.4) is 0 Å². The molecule has 0 spiro atoms. The second-order valence-corrected chi connectivity index (χ2v) is 4.00. The van der Waals surface area contributed by atoms with Gasteiger partial charge in [0.2, 0.25) is 0 Å². The van der Waals surface area contributed by atoms with Gasteiger partial charge >= 0.3 is 0 Å². The van der Waals surface area contributed by atoms with Crippen LogP contribution in [0.25, 0.3) is 10.9 Å². The molecule has 0 aliphatic carbocycles. The second-order valence-electron chi connectivity index (χ2n) is 3.11. The van der Waals surface area contributed by atoms with Gasteiger partial charge in [0, 0.05) is 11.5 Å². The van der Waals surface area contributed by atoms with Gasteiger partial charge in [0.05, 0.1) is 16.1 Å². The summed E-state index contributed by atoms with van der Waals surface area (Å²) in [5.74, 6) is 0. The first-order chi connectivity index (χ1) is 8.00. The minimum Gasteiger partial charge on any atom is -0.258 e. The molecule has 1 heterocycles. The maximum absolute atomic E-state index is 10.7. The van der Waals surface area contributed by atoms with Crippen molar-refractivity contribution in [3.63, 3.8) is 0 Å². The Balaban J connectivity index is 0.000000686. The van der Waals surface area contributed by atoms with Gasteiger partial charge in [-0.05, 0) is 22.4 Å². The lowest BCUT2D eigenvalue weighted by Crippen LogP contribution is -1.89. The molecule has 0 bridgehead atoms. The number of benzene rings is 1. The van der Waals surface area contributed by atoms with Crippen LogP contribution in [0.5, 0.6) is 0 Å². The predicted octanol–water partition coefficient (Wildman–Crippen LogP) is 3.57. The molecule has 1 atom stereocenters. The van der Waals surface area contributed by atoms with Crippen molar-refractivity contribution in [2.45, 2.75) is 20.8 Å². The Morgan fingerprint density at radius 2 is 2.06 bits per heavy atom. The van der Waals surface area contributed by atoms with E-state index in [2.05, 4.69) is 14.5 Å². The molecule has 92 valence electrons. The summed E-state index contributed by atoms with van der Waals surface area (Å²) in [7, 11) is 2.40. The first-order valence-corrected chi connectivity index (χ1v) is 5.98. The van der Waals surface area contributed by atoms with Crippen molar-refractivity contribution in [1.29, 1.82) is 0 Å². The third kappa shape index (κ3) is 2.56. The lowest BCUT2D eigenvalue weighted by molar-refractivity contribution is -0.384. The molecule has 7 heteroatoms. The minimum absolute atomic E-state index is 0.0923. The van der Waals surface area contributed by atoms with E-state index in [1.807, 2.05) is 13.8 Å². The second kappa shape index (κ2) is 5.43. The zero-order chi connectivity index (χ0) is 13.2. The average Bonchev–Trinajstić information content (AvgIpc) is 2.56. The molecule has 5 nitrogen and oxygen atoms in total. The maximum atomic E-state index is 10.7. The van der Waals surface area contributed by atoms with Crippen LogP contribution in [0.2, 0.25) is 5.02 Å². The number of hydrogen-bond acceptors (Lipinski definition) is 3. The Morgan fingerprint density at radius 1 is 1.47 bits per heavy atom. The number of nitrogens with zero attached hydrogens (tertiary/aromatic N) is 3. The maximum Gasteiger partial charge on any atom is 0.288 e. The number of nitro groups is 1. The van der Waals surface area contributed by atoms with Crippen LogP contribution in [0, 0.1) is 17.0 Å². The molecule has 0 saturated carbocycles. The highest BCUT2D eigenvalue weighted by Gasteiger charge is 2.16. The van der Waals surface area contributed by atoms with E-state index in [9.17, 15) is 10.1 Å². The molecule has 0 N–H and O–H groups in total. The molecular formula is C10H13ClN3O2P. The fraction of sp³-hybridized carbons (Fsp3) is 0.300. The van der Waals surface area contributed by atoms with Crippen LogP contribution in [0.15, 0.2) is 12.1 Å². The fourth-order valence-corrected chi connectivity index (χ4v) is 2.05. The van der Waals surface area contributed by atoms with Crippen LogP contribution >= 0.6 is 21.0 Å². The highest BCUT2D eigenvalue weighted by molar-refractivity contribution is 7.14. The number of aromatic nitrogens is 2. The molecule has 0 amide bonds. The summed E-state index contributed by atoms with van der Waals surface area (Å²) in [5.41, 5.74) is 1.40. The first kappa shape index (κ1) is 13.9. The van der Waals surface area contributed by atoms with Gasteiger partial charge in [0.1, 0.15) is 5.02 Å². The van der Waals surface area contributed by atoms with Crippen molar-refractivity contribution < 1.29 is 4.92 Å². The van der Waals surface area contributed by atoms with Gasteiger partial charge in [-0.2, -0.15) is 5.10 Å². The summed E-state index contributed by atoms with van der Waals surface area (Å²) in [4.78, 5) is 10.2. The van der Waals surface area contributed by atoms with E-state index in [-0.39, 0.29) is 10.7 Å². The van der Waals surface area contributed by atoms with Gasteiger partial charge in [-0.25, -0.2) is 0 Å². The molecule has 1 unspecified atom stereocenters. The van der Waals surface area contributed by atoms with Crippen LogP contribution in [0.4, 0.5) is 5.69 Å². The van der Waals surface area contributed by atoms with Crippen molar-refractivity contribution in [2.75, 3.05) is 0 Å². The highest BCUT2D eigenvalue weighted by atomic mass is 35.5. The lowest BCUT2D eigenvalue weighted by atomic mass is 10.2. The third-order valence-electron chi connectivity index (χ3n) is 2.16. The lowest BCUT2D eigenvalue weighted by Gasteiger charge is -1.97. The molecule has 0 fully saturated rings. The molecule has 0 aliphatic rings. The van der Waals surface area contributed by atoms with Gasteiger partial charge < -0.3 is 0 Å². The molecule has 2 aromatic rings. The summed E-state index contributed by atoms with van der Waals surface area (Å²) in [5, 5.41) is 15.7. The largest absolute Gasteiger partial charge is 0.288 e. The minimum atomic E-state index is -0.499. The summed E-state index contributed by atoms with van der Waals surface area (Å²) in [6, 6.07) is 2.99. The number of rotatable bonds is 1. The number of hydrogen-bond donors (Lipinski definition) is 0. The summed E-state index contributed by atoms with van der Waals surface area (Å²) in [6.45, 7) is 5.79. The van der Waals surface area contributed by atoms with Crippen molar-refractivity contribution in [1.82, 2.24) is 9.55 Å². The quantitative estimate of drug-likeness (QED) is 0.453. The monoisotopic (exact) mass is 273 g/mol. The molecule has 0 aliphatic heterocycles. The SMILES string of the molecule is CC.Cc1nn(P)c2cc(Cl)c([N+](=O)[O-])cc12.